The molecule has 1 atom stereocenters. The Kier molecular flexibility index (Phi) is 3.84. The minimum Gasteiger partial charge on any atom is -0.254 e. The summed E-state index contributed by atoms with van der Waals surface area (Å²) < 4.78 is 0. The Hall–Kier alpha value is -1.29. The predicted molar refractivity (Wildman–Crippen MR) is 71.0 cm³/mol. The van der Waals surface area contributed by atoms with E-state index in [1.165, 1.54) is 0 Å². The number of aromatic nitrogens is 3. The fourth-order valence-electron chi connectivity index (χ4n) is 1.91. The van der Waals surface area contributed by atoms with E-state index in [9.17, 15) is 0 Å². The molecule has 0 aliphatic heterocycles. The lowest BCUT2D eigenvalue weighted by atomic mass is 9.94. The van der Waals surface area contributed by atoms with Crippen molar-refractivity contribution in [2.45, 2.75) is 33.1 Å². The highest BCUT2D eigenvalue weighted by atomic mass is 32.1. The molecule has 0 aliphatic rings. The zero-order valence-electron chi connectivity index (χ0n) is 10.4. The molecule has 0 radical (unpaired) electrons. The molecular formula is C13H17N3S. The molecule has 3 nitrogen and oxygen atoms in total. The number of pyridine rings is 1. The Labute approximate surface area is 106 Å². The number of hydrogen-bond donors (Lipinski definition) is 0. The summed E-state index contributed by atoms with van der Waals surface area (Å²) in [7, 11) is 0. The lowest BCUT2D eigenvalue weighted by molar-refractivity contribution is 0.480. The van der Waals surface area contributed by atoms with E-state index in [2.05, 4.69) is 36.0 Å². The third kappa shape index (κ3) is 2.69. The van der Waals surface area contributed by atoms with Crippen molar-refractivity contribution < 1.29 is 0 Å². The van der Waals surface area contributed by atoms with E-state index in [1.807, 2.05) is 18.2 Å². The average molecular weight is 247 g/mol. The molecule has 0 spiro atoms. The Balaban J connectivity index is 2.27. The first-order valence-corrected chi connectivity index (χ1v) is 6.78. The summed E-state index contributed by atoms with van der Waals surface area (Å²) in [6.45, 7) is 6.67. The van der Waals surface area contributed by atoms with Gasteiger partial charge in [0, 0.05) is 12.1 Å². The highest BCUT2D eigenvalue weighted by Crippen LogP contribution is 2.32. The monoisotopic (exact) mass is 247 g/mol. The Morgan fingerprint density at radius 1 is 1.24 bits per heavy atom. The van der Waals surface area contributed by atoms with E-state index in [-0.39, 0.29) is 0 Å². The Morgan fingerprint density at radius 3 is 2.65 bits per heavy atom. The van der Waals surface area contributed by atoms with E-state index >= 15 is 0 Å². The average Bonchev–Trinajstić information content (AvgIpc) is 2.80. The van der Waals surface area contributed by atoms with Crippen molar-refractivity contribution in [3.8, 4) is 10.7 Å². The molecule has 0 aromatic carbocycles. The van der Waals surface area contributed by atoms with Crippen molar-refractivity contribution in [1.29, 1.82) is 0 Å². The van der Waals surface area contributed by atoms with Crippen LogP contribution < -0.4 is 0 Å². The SMILES string of the molecule is CCC(c1nnc(-c2ccccn2)s1)C(C)C. The van der Waals surface area contributed by atoms with Gasteiger partial charge in [0.1, 0.15) is 10.7 Å². The van der Waals surface area contributed by atoms with Crippen molar-refractivity contribution >= 4 is 11.3 Å². The largest absolute Gasteiger partial charge is 0.254 e. The lowest BCUT2D eigenvalue weighted by Gasteiger charge is -2.14. The van der Waals surface area contributed by atoms with Crippen LogP contribution in [0.15, 0.2) is 24.4 Å². The van der Waals surface area contributed by atoms with Crippen molar-refractivity contribution in [2.75, 3.05) is 0 Å². The molecule has 90 valence electrons. The summed E-state index contributed by atoms with van der Waals surface area (Å²) in [6.07, 6.45) is 2.89. The minimum absolute atomic E-state index is 0.505. The van der Waals surface area contributed by atoms with Gasteiger partial charge >= 0.3 is 0 Å². The van der Waals surface area contributed by atoms with Crippen LogP contribution in [0.5, 0.6) is 0 Å². The standard InChI is InChI=1S/C13H17N3S/c1-4-10(9(2)3)12-15-16-13(17-12)11-7-5-6-8-14-11/h5-10H,4H2,1-3H3. The maximum Gasteiger partial charge on any atom is 0.166 e. The van der Waals surface area contributed by atoms with E-state index in [0.717, 1.165) is 22.1 Å². The van der Waals surface area contributed by atoms with Crippen molar-refractivity contribution in [3.05, 3.63) is 29.4 Å². The van der Waals surface area contributed by atoms with Crippen LogP contribution in [0.4, 0.5) is 0 Å². The summed E-state index contributed by atoms with van der Waals surface area (Å²) in [6, 6.07) is 5.86. The van der Waals surface area contributed by atoms with Gasteiger partial charge in [-0.3, -0.25) is 4.98 Å². The quantitative estimate of drug-likeness (QED) is 0.826. The van der Waals surface area contributed by atoms with Crippen molar-refractivity contribution in [2.24, 2.45) is 5.92 Å². The zero-order valence-corrected chi connectivity index (χ0v) is 11.2. The highest BCUT2D eigenvalue weighted by Gasteiger charge is 2.19. The van der Waals surface area contributed by atoms with E-state index in [4.69, 9.17) is 0 Å². The molecule has 1 unspecified atom stereocenters. The van der Waals surface area contributed by atoms with Crippen LogP contribution in [0, 0.1) is 5.92 Å². The van der Waals surface area contributed by atoms with Gasteiger partial charge < -0.3 is 0 Å². The number of rotatable bonds is 4. The van der Waals surface area contributed by atoms with E-state index < -0.39 is 0 Å². The first-order chi connectivity index (χ1) is 8.22. The van der Waals surface area contributed by atoms with Gasteiger partial charge in [-0.05, 0) is 24.5 Å². The number of nitrogens with zero attached hydrogens (tertiary/aromatic N) is 3. The summed E-state index contributed by atoms with van der Waals surface area (Å²) in [4.78, 5) is 4.30. The van der Waals surface area contributed by atoms with Gasteiger partial charge in [-0.1, -0.05) is 38.2 Å². The minimum atomic E-state index is 0.505. The summed E-state index contributed by atoms with van der Waals surface area (Å²) in [5.74, 6) is 1.11. The molecule has 2 aromatic heterocycles. The van der Waals surface area contributed by atoms with Gasteiger partial charge in [0.15, 0.2) is 5.01 Å². The van der Waals surface area contributed by atoms with E-state index in [1.54, 1.807) is 17.5 Å². The topological polar surface area (TPSA) is 38.7 Å². The maximum atomic E-state index is 4.31. The van der Waals surface area contributed by atoms with Gasteiger partial charge in [-0.15, -0.1) is 10.2 Å². The molecule has 0 saturated carbocycles. The molecular weight excluding hydrogens is 230 g/mol. The second kappa shape index (κ2) is 5.36. The van der Waals surface area contributed by atoms with Crippen LogP contribution in [0.2, 0.25) is 0 Å². The Bertz CT molecular complexity index is 465. The van der Waals surface area contributed by atoms with E-state index in [0.29, 0.717) is 11.8 Å². The third-order valence-electron chi connectivity index (χ3n) is 2.89. The van der Waals surface area contributed by atoms with Crippen LogP contribution in [-0.4, -0.2) is 15.2 Å². The summed E-state index contributed by atoms with van der Waals surface area (Å²) >= 11 is 1.66. The molecule has 0 amide bonds. The lowest BCUT2D eigenvalue weighted by Crippen LogP contribution is -2.04. The van der Waals surface area contributed by atoms with Gasteiger partial charge in [0.25, 0.3) is 0 Å². The van der Waals surface area contributed by atoms with Gasteiger partial charge in [0.2, 0.25) is 0 Å². The summed E-state index contributed by atoms with van der Waals surface area (Å²) in [5.41, 5.74) is 0.912. The molecule has 4 heteroatoms. The fraction of sp³-hybridized carbons (Fsp3) is 0.462. The first-order valence-electron chi connectivity index (χ1n) is 5.97. The first kappa shape index (κ1) is 12.2. The van der Waals surface area contributed by atoms with Gasteiger partial charge in [0.05, 0.1) is 0 Å². The maximum absolute atomic E-state index is 4.31. The zero-order chi connectivity index (χ0) is 12.3. The molecule has 17 heavy (non-hydrogen) atoms. The van der Waals surface area contributed by atoms with Crippen LogP contribution in [0.1, 0.15) is 38.1 Å². The van der Waals surface area contributed by atoms with Gasteiger partial charge in [-0.2, -0.15) is 0 Å². The fourth-order valence-corrected chi connectivity index (χ4v) is 3.09. The molecule has 2 heterocycles. The normalized spacial score (nSPS) is 12.9. The predicted octanol–water partition coefficient (Wildman–Crippen LogP) is 3.75. The molecule has 2 aromatic rings. The second-order valence-corrected chi connectivity index (χ2v) is 5.43. The molecule has 0 bridgehead atoms. The third-order valence-corrected chi connectivity index (χ3v) is 3.96. The van der Waals surface area contributed by atoms with Crippen LogP contribution in [0.25, 0.3) is 10.7 Å². The van der Waals surface area contributed by atoms with Gasteiger partial charge in [-0.25, -0.2) is 0 Å². The molecule has 0 saturated heterocycles. The summed E-state index contributed by atoms with van der Waals surface area (Å²) in [5, 5.41) is 10.6. The van der Waals surface area contributed by atoms with Crippen LogP contribution in [0.3, 0.4) is 0 Å². The molecule has 2 rings (SSSR count). The van der Waals surface area contributed by atoms with Crippen molar-refractivity contribution in [3.63, 3.8) is 0 Å². The Morgan fingerprint density at radius 2 is 2.06 bits per heavy atom. The number of hydrogen-bond acceptors (Lipinski definition) is 4. The van der Waals surface area contributed by atoms with Crippen LogP contribution >= 0.6 is 11.3 Å². The second-order valence-electron chi connectivity index (χ2n) is 4.42. The molecule has 0 N–H and O–H groups in total. The smallest absolute Gasteiger partial charge is 0.166 e. The molecule has 0 aliphatic carbocycles. The van der Waals surface area contributed by atoms with Crippen molar-refractivity contribution in [1.82, 2.24) is 15.2 Å². The van der Waals surface area contributed by atoms with Crippen LogP contribution in [-0.2, 0) is 0 Å². The molecule has 0 fully saturated rings. The highest BCUT2D eigenvalue weighted by molar-refractivity contribution is 7.14.